The van der Waals surface area contributed by atoms with Crippen LogP contribution >= 0.6 is 0 Å². The highest BCUT2D eigenvalue weighted by atomic mass is 19.1. The Labute approximate surface area is 50.1 Å². The second kappa shape index (κ2) is 3.06. The summed E-state index contributed by atoms with van der Waals surface area (Å²) in [7, 11) is 0. The summed E-state index contributed by atoms with van der Waals surface area (Å²) in [5.41, 5.74) is 0. The van der Waals surface area contributed by atoms with E-state index in [1.54, 1.807) is 0 Å². The first-order valence-electron chi connectivity index (χ1n) is 3.35. The molecular weight excluding hydrogens is 103 g/mol. The number of hydrogen-bond acceptors (Lipinski definition) is 0. The molecule has 0 heterocycles. The summed E-state index contributed by atoms with van der Waals surface area (Å²) in [6, 6.07) is 0. The molecule has 0 aromatic heterocycles. The van der Waals surface area contributed by atoms with E-state index in [9.17, 15) is 4.39 Å². The van der Waals surface area contributed by atoms with Crippen LogP contribution in [-0.2, 0) is 0 Å². The molecule has 0 unspecified atom stereocenters. The zero-order valence-corrected chi connectivity index (χ0v) is 5.07. The third-order valence-corrected chi connectivity index (χ3v) is 1.90. The van der Waals surface area contributed by atoms with Gasteiger partial charge in [-0.15, -0.1) is 0 Å². The van der Waals surface area contributed by atoms with Crippen molar-refractivity contribution in [1.82, 2.24) is 0 Å². The lowest BCUT2D eigenvalue weighted by atomic mass is 10.1. The second-order valence-corrected chi connectivity index (χ2v) is 2.54. The van der Waals surface area contributed by atoms with E-state index in [-0.39, 0.29) is 0 Å². The van der Waals surface area contributed by atoms with Gasteiger partial charge in [0.2, 0.25) is 0 Å². The molecule has 1 aliphatic rings. The molecule has 0 saturated heterocycles. The fraction of sp³-hybridized carbons (Fsp3) is 0.857. The van der Waals surface area contributed by atoms with Gasteiger partial charge in [0, 0.05) is 0 Å². The van der Waals surface area contributed by atoms with Crippen molar-refractivity contribution >= 4 is 0 Å². The molecule has 0 amide bonds. The van der Waals surface area contributed by atoms with Crippen LogP contribution in [0.1, 0.15) is 32.1 Å². The van der Waals surface area contributed by atoms with Crippen LogP contribution in [0.4, 0.5) is 4.39 Å². The van der Waals surface area contributed by atoms with Crippen molar-refractivity contribution in [3.8, 4) is 0 Å². The van der Waals surface area contributed by atoms with E-state index in [4.69, 9.17) is 0 Å². The van der Waals surface area contributed by atoms with Crippen molar-refractivity contribution in [3.05, 3.63) is 6.67 Å². The Balaban J connectivity index is 2.06. The fourth-order valence-electron chi connectivity index (χ4n) is 1.37. The zero-order valence-electron chi connectivity index (χ0n) is 5.07. The van der Waals surface area contributed by atoms with Crippen molar-refractivity contribution in [3.63, 3.8) is 0 Å². The van der Waals surface area contributed by atoms with Gasteiger partial charge in [0.1, 0.15) is 6.67 Å². The van der Waals surface area contributed by atoms with Crippen LogP contribution < -0.4 is 0 Å². The first kappa shape index (κ1) is 6.06. The van der Waals surface area contributed by atoms with Crippen LogP contribution in [0.3, 0.4) is 0 Å². The predicted molar refractivity (Wildman–Crippen MR) is 32.0 cm³/mol. The zero-order chi connectivity index (χ0) is 5.82. The molecule has 1 saturated carbocycles. The molecule has 0 nitrogen and oxygen atoms in total. The summed E-state index contributed by atoms with van der Waals surface area (Å²) in [6.07, 6.45) is 5.83. The molecule has 1 aliphatic carbocycles. The molecule has 1 radical (unpaired) electrons. The van der Waals surface area contributed by atoms with Gasteiger partial charge in [-0.25, -0.2) is 4.39 Å². The summed E-state index contributed by atoms with van der Waals surface area (Å²) < 4.78 is 11.5. The van der Waals surface area contributed by atoms with Crippen molar-refractivity contribution in [2.75, 3.05) is 0 Å². The fourth-order valence-corrected chi connectivity index (χ4v) is 1.37. The molecule has 0 aliphatic heterocycles. The Morgan fingerprint density at radius 2 is 2.00 bits per heavy atom. The third kappa shape index (κ3) is 1.46. The minimum atomic E-state index is 0.681. The van der Waals surface area contributed by atoms with Gasteiger partial charge >= 0.3 is 0 Å². The minimum absolute atomic E-state index is 0.681. The average Bonchev–Trinajstić information content (AvgIpc) is 2.19. The first-order chi connectivity index (χ1) is 3.93. The van der Waals surface area contributed by atoms with E-state index >= 15 is 0 Å². The summed E-state index contributed by atoms with van der Waals surface area (Å²) >= 11 is 0. The maximum absolute atomic E-state index is 11.5. The molecule has 47 valence electrons. The lowest BCUT2D eigenvalue weighted by Crippen LogP contribution is -1.89. The highest BCUT2D eigenvalue weighted by molar-refractivity contribution is 4.69. The average molecular weight is 115 g/mol. The molecule has 0 aromatic carbocycles. The topological polar surface area (TPSA) is 0 Å². The van der Waals surface area contributed by atoms with Crippen LogP contribution in [0.2, 0.25) is 0 Å². The Hall–Kier alpha value is -0.0700. The van der Waals surface area contributed by atoms with Crippen LogP contribution in [0, 0.1) is 12.6 Å². The van der Waals surface area contributed by atoms with Crippen LogP contribution in [0.15, 0.2) is 0 Å². The smallest absolute Gasteiger partial charge is 0.131 e. The molecule has 0 bridgehead atoms. The van der Waals surface area contributed by atoms with Crippen LogP contribution in [-0.4, -0.2) is 0 Å². The normalized spacial score (nSPS) is 22.1. The van der Waals surface area contributed by atoms with Gasteiger partial charge in [-0.05, 0) is 12.3 Å². The van der Waals surface area contributed by atoms with Gasteiger partial charge in [-0.1, -0.05) is 25.7 Å². The standard InChI is InChI=1S/C7H12F/c8-6-5-7-3-1-2-4-7/h6-7H,1-5H2. The van der Waals surface area contributed by atoms with Crippen molar-refractivity contribution in [1.29, 1.82) is 0 Å². The maximum atomic E-state index is 11.5. The van der Waals surface area contributed by atoms with Gasteiger partial charge in [0.05, 0.1) is 0 Å². The Morgan fingerprint density at radius 3 is 2.50 bits per heavy atom. The van der Waals surface area contributed by atoms with Crippen molar-refractivity contribution in [2.45, 2.75) is 32.1 Å². The van der Waals surface area contributed by atoms with Gasteiger partial charge in [0.15, 0.2) is 0 Å². The molecule has 0 aromatic rings. The molecule has 0 atom stereocenters. The monoisotopic (exact) mass is 115 g/mol. The molecule has 0 spiro atoms. The summed E-state index contributed by atoms with van der Waals surface area (Å²) in [5, 5.41) is 0. The van der Waals surface area contributed by atoms with Gasteiger partial charge in [0.25, 0.3) is 0 Å². The van der Waals surface area contributed by atoms with Crippen molar-refractivity contribution in [2.24, 2.45) is 5.92 Å². The third-order valence-electron chi connectivity index (χ3n) is 1.90. The summed E-state index contributed by atoms with van der Waals surface area (Å²) in [4.78, 5) is 0. The molecular formula is C7H12F. The lowest BCUT2D eigenvalue weighted by molar-refractivity contribution is 0.460. The molecule has 1 rings (SSSR count). The van der Waals surface area contributed by atoms with Gasteiger partial charge < -0.3 is 0 Å². The summed E-state index contributed by atoms with van der Waals surface area (Å²) in [6.45, 7) is 0.802. The highest BCUT2D eigenvalue weighted by Crippen LogP contribution is 2.28. The largest absolute Gasteiger partial charge is 0.244 e. The molecule has 1 fully saturated rings. The molecule has 8 heavy (non-hydrogen) atoms. The first-order valence-corrected chi connectivity index (χ1v) is 3.35. The van der Waals surface area contributed by atoms with E-state index < -0.39 is 0 Å². The Kier molecular flexibility index (Phi) is 2.31. The number of halogens is 1. The van der Waals surface area contributed by atoms with Gasteiger partial charge in [-0.2, -0.15) is 0 Å². The predicted octanol–water partition coefficient (Wildman–Crippen LogP) is 2.70. The highest BCUT2D eigenvalue weighted by Gasteiger charge is 2.13. The maximum Gasteiger partial charge on any atom is 0.131 e. The van der Waals surface area contributed by atoms with E-state index in [0.717, 1.165) is 6.67 Å². The molecule has 0 N–H and O–H groups in total. The SMILES string of the molecule is F[CH]CC1CCCC1. The number of rotatable bonds is 2. The Bertz CT molecular complexity index is 55.4. The Morgan fingerprint density at radius 1 is 1.38 bits per heavy atom. The minimum Gasteiger partial charge on any atom is -0.244 e. The molecule has 1 heteroatoms. The second-order valence-electron chi connectivity index (χ2n) is 2.54. The van der Waals surface area contributed by atoms with E-state index in [1.165, 1.54) is 25.7 Å². The van der Waals surface area contributed by atoms with E-state index in [1.807, 2.05) is 0 Å². The van der Waals surface area contributed by atoms with E-state index in [2.05, 4.69) is 0 Å². The van der Waals surface area contributed by atoms with Gasteiger partial charge in [-0.3, -0.25) is 0 Å². The summed E-state index contributed by atoms with van der Waals surface area (Å²) in [5.74, 6) is 0.681. The quantitative estimate of drug-likeness (QED) is 0.519. The number of hydrogen-bond donors (Lipinski definition) is 0. The van der Waals surface area contributed by atoms with E-state index in [0.29, 0.717) is 12.3 Å². The van der Waals surface area contributed by atoms with Crippen LogP contribution in [0.5, 0.6) is 0 Å². The van der Waals surface area contributed by atoms with Crippen molar-refractivity contribution < 1.29 is 4.39 Å². The lowest BCUT2D eigenvalue weighted by Gasteiger charge is -2.01. The van der Waals surface area contributed by atoms with Crippen LogP contribution in [0.25, 0.3) is 0 Å².